The molecule has 1 aliphatic rings. The molecule has 35 heavy (non-hydrogen) atoms. The Bertz CT molecular complexity index is 1110. The minimum absolute atomic E-state index is 0.0426. The van der Waals surface area contributed by atoms with Crippen LogP contribution in [0.2, 0.25) is 0 Å². The predicted molar refractivity (Wildman–Crippen MR) is 140 cm³/mol. The second-order valence-electron chi connectivity index (χ2n) is 8.97. The fourth-order valence-corrected chi connectivity index (χ4v) is 4.24. The van der Waals surface area contributed by atoms with Crippen molar-refractivity contribution in [2.24, 2.45) is 5.92 Å². The van der Waals surface area contributed by atoms with Crippen LogP contribution in [0, 0.1) is 5.92 Å². The Balaban J connectivity index is 1.23. The largest absolute Gasteiger partial charge is 0.398 e. The number of hydrogen-bond acceptors (Lipinski definition) is 7. The van der Waals surface area contributed by atoms with E-state index in [0.29, 0.717) is 23.1 Å². The monoisotopic (exact) mass is 471 g/mol. The van der Waals surface area contributed by atoms with E-state index < -0.39 is 0 Å². The molecular weight excluding hydrogens is 438 g/mol. The molecule has 0 saturated carbocycles. The van der Waals surface area contributed by atoms with Gasteiger partial charge in [0, 0.05) is 43.6 Å². The van der Waals surface area contributed by atoms with Crippen molar-refractivity contribution in [2.45, 2.75) is 25.3 Å². The molecule has 1 atom stereocenters. The molecule has 3 aromatic rings. The Kier molecular flexibility index (Phi) is 8.59. The number of nitrogens with one attached hydrogen (secondary N) is 1. The highest BCUT2D eigenvalue weighted by atomic mass is 16.3. The van der Waals surface area contributed by atoms with Gasteiger partial charge in [0.25, 0.3) is 0 Å². The van der Waals surface area contributed by atoms with Crippen LogP contribution in [-0.4, -0.2) is 53.1 Å². The van der Waals surface area contributed by atoms with Crippen molar-refractivity contribution >= 4 is 23.5 Å². The molecule has 7 nitrogen and oxygen atoms in total. The number of carbonyl (C=O) groups excluding carboxylic acids is 1. The zero-order valence-corrected chi connectivity index (χ0v) is 19.9. The molecule has 1 saturated heterocycles. The Morgan fingerprint density at radius 1 is 1.09 bits per heavy atom. The molecule has 0 spiro atoms. The summed E-state index contributed by atoms with van der Waals surface area (Å²) in [5.74, 6) is 1.15. The van der Waals surface area contributed by atoms with Crippen molar-refractivity contribution in [1.29, 1.82) is 0 Å². The first kappa shape index (κ1) is 24.6. The van der Waals surface area contributed by atoms with Crippen LogP contribution in [0.1, 0.15) is 34.3 Å². The van der Waals surface area contributed by atoms with Gasteiger partial charge >= 0.3 is 0 Å². The van der Waals surface area contributed by atoms with E-state index in [4.69, 9.17) is 5.73 Å². The lowest BCUT2D eigenvalue weighted by Gasteiger charge is -2.32. The van der Waals surface area contributed by atoms with Gasteiger partial charge < -0.3 is 21.1 Å². The minimum Gasteiger partial charge on any atom is -0.398 e. The van der Waals surface area contributed by atoms with Gasteiger partial charge in [-0.2, -0.15) is 0 Å². The number of rotatable bonds is 10. The molecule has 2 aromatic carbocycles. The third-order valence-electron chi connectivity index (χ3n) is 6.45. The Morgan fingerprint density at radius 2 is 1.77 bits per heavy atom. The number of hydrogen-bond donors (Lipinski definition) is 3. The smallest absolute Gasteiger partial charge is 0.225 e. The number of para-hydroxylation sites is 1. The molecule has 2 heterocycles. The van der Waals surface area contributed by atoms with Crippen LogP contribution in [0.5, 0.6) is 0 Å². The third-order valence-corrected chi connectivity index (χ3v) is 6.45. The van der Waals surface area contributed by atoms with Crippen LogP contribution >= 0.6 is 0 Å². The number of Topliss-reactive ketones (excluding diaryl/α,β-unsaturated/α-hetero) is 1. The van der Waals surface area contributed by atoms with Crippen molar-refractivity contribution in [1.82, 2.24) is 15.3 Å². The number of nitrogen functional groups attached to an aromatic ring is 1. The van der Waals surface area contributed by atoms with E-state index >= 15 is 0 Å². The van der Waals surface area contributed by atoms with Crippen molar-refractivity contribution in [3.05, 3.63) is 89.8 Å². The normalized spacial score (nSPS) is 15.4. The predicted octanol–water partition coefficient (Wildman–Crippen LogP) is 3.36. The van der Waals surface area contributed by atoms with Crippen LogP contribution in [0.3, 0.4) is 0 Å². The number of ketones is 1. The average Bonchev–Trinajstić information content (AvgIpc) is 2.91. The van der Waals surface area contributed by atoms with Gasteiger partial charge in [-0.05, 0) is 42.5 Å². The Labute approximate surface area is 206 Å². The summed E-state index contributed by atoms with van der Waals surface area (Å²) >= 11 is 0. The van der Waals surface area contributed by atoms with Gasteiger partial charge in [-0.1, -0.05) is 60.7 Å². The van der Waals surface area contributed by atoms with Gasteiger partial charge in [-0.25, -0.2) is 9.97 Å². The summed E-state index contributed by atoms with van der Waals surface area (Å²) in [6.07, 6.45) is 9.56. The maximum absolute atomic E-state index is 12.6. The van der Waals surface area contributed by atoms with Crippen molar-refractivity contribution in [2.75, 3.05) is 36.9 Å². The van der Waals surface area contributed by atoms with Crippen LogP contribution in [0.15, 0.2) is 73.1 Å². The number of aromatic nitrogens is 2. The first-order chi connectivity index (χ1) is 17.1. The number of piperidine rings is 1. The zero-order valence-electron chi connectivity index (χ0n) is 19.9. The summed E-state index contributed by atoms with van der Waals surface area (Å²) < 4.78 is 0. The maximum Gasteiger partial charge on any atom is 0.225 e. The van der Waals surface area contributed by atoms with Crippen molar-refractivity contribution < 1.29 is 9.90 Å². The lowest BCUT2D eigenvalue weighted by atomic mass is 9.96. The van der Waals surface area contributed by atoms with Crippen LogP contribution in [0.25, 0.3) is 6.08 Å². The number of anilines is 2. The SMILES string of the molecule is Nc1ccccc1CC(=O)c1cnc(N2CCC(CNC(/C=C/c3ccccc3)CO)CC2)nc1. The molecule has 4 N–H and O–H groups in total. The maximum atomic E-state index is 12.6. The molecule has 1 fully saturated rings. The standard InChI is InChI=1S/C28H33N5O2/c29-26-9-5-4-8-23(26)16-27(35)24-18-31-28(32-19-24)33-14-12-22(13-15-33)17-30-25(20-34)11-10-21-6-2-1-3-7-21/h1-11,18-19,22,25,30,34H,12-17,20,29H2/b11-10+. The fourth-order valence-electron chi connectivity index (χ4n) is 4.24. The van der Waals surface area contributed by atoms with Gasteiger partial charge in [0.1, 0.15) is 0 Å². The second-order valence-corrected chi connectivity index (χ2v) is 8.97. The average molecular weight is 472 g/mol. The molecule has 0 radical (unpaired) electrons. The molecule has 4 rings (SSSR count). The number of carbonyl (C=O) groups is 1. The van der Waals surface area contributed by atoms with E-state index in [1.807, 2.05) is 60.7 Å². The number of nitrogens with zero attached hydrogens (tertiary/aromatic N) is 3. The zero-order chi connectivity index (χ0) is 24.5. The molecular formula is C28H33N5O2. The van der Waals surface area contributed by atoms with Gasteiger partial charge in [0.05, 0.1) is 12.2 Å². The molecule has 1 aliphatic heterocycles. The van der Waals surface area contributed by atoms with Crippen LogP contribution in [0.4, 0.5) is 11.6 Å². The first-order valence-corrected chi connectivity index (χ1v) is 12.1. The number of benzene rings is 2. The number of aliphatic hydroxyl groups excluding tert-OH is 1. The van der Waals surface area contributed by atoms with Crippen molar-refractivity contribution in [3.8, 4) is 0 Å². The molecule has 0 amide bonds. The third kappa shape index (κ3) is 6.97. The topological polar surface area (TPSA) is 104 Å². The van der Waals surface area contributed by atoms with E-state index in [1.54, 1.807) is 18.5 Å². The highest BCUT2D eigenvalue weighted by Crippen LogP contribution is 2.21. The van der Waals surface area contributed by atoms with Gasteiger partial charge in [-0.3, -0.25) is 4.79 Å². The molecule has 7 heteroatoms. The molecule has 182 valence electrons. The highest BCUT2D eigenvalue weighted by molar-refractivity contribution is 5.97. The summed E-state index contributed by atoms with van der Waals surface area (Å²) in [4.78, 5) is 23.7. The molecule has 1 aromatic heterocycles. The Morgan fingerprint density at radius 3 is 2.46 bits per heavy atom. The lowest BCUT2D eigenvalue weighted by Crippen LogP contribution is -2.41. The first-order valence-electron chi connectivity index (χ1n) is 12.1. The number of nitrogens with two attached hydrogens (primary N) is 1. The quantitative estimate of drug-likeness (QED) is 0.308. The van der Waals surface area contributed by atoms with Crippen LogP contribution < -0.4 is 16.0 Å². The summed E-state index contributed by atoms with van der Waals surface area (Å²) in [6.45, 7) is 2.65. The van der Waals surface area contributed by atoms with Crippen molar-refractivity contribution in [3.63, 3.8) is 0 Å². The van der Waals surface area contributed by atoms with Crippen LogP contribution in [-0.2, 0) is 6.42 Å². The summed E-state index contributed by atoms with van der Waals surface area (Å²) in [7, 11) is 0. The van der Waals surface area contributed by atoms with E-state index in [0.717, 1.165) is 43.6 Å². The second kappa shape index (κ2) is 12.2. The van der Waals surface area contributed by atoms with Gasteiger partial charge in [-0.15, -0.1) is 0 Å². The van der Waals surface area contributed by atoms with E-state index in [9.17, 15) is 9.90 Å². The molecule has 0 aliphatic carbocycles. The molecule has 1 unspecified atom stereocenters. The van der Waals surface area contributed by atoms with E-state index in [-0.39, 0.29) is 24.9 Å². The minimum atomic E-state index is -0.0621. The van der Waals surface area contributed by atoms with Gasteiger partial charge in [0.15, 0.2) is 5.78 Å². The van der Waals surface area contributed by atoms with E-state index in [2.05, 4.69) is 20.2 Å². The number of aliphatic hydroxyl groups is 1. The molecule has 0 bridgehead atoms. The Hall–Kier alpha value is -3.55. The van der Waals surface area contributed by atoms with E-state index in [1.165, 1.54) is 0 Å². The highest BCUT2D eigenvalue weighted by Gasteiger charge is 2.22. The lowest BCUT2D eigenvalue weighted by molar-refractivity contribution is 0.0992. The van der Waals surface area contributed by atoms with Gasteiger partial charge in [0.2, 0.25) is 5.95 Å². The summed E-state index contributed by atoms with van der Waals surface area (Å²) in [5, 5.41) is 13.2. The summed E-state index contributed by atoms with van der Waals surface area (Å²) in [6, 6.07) is 17.4. The summed E-state index contributed by atoms with van der Waals surface area (Å²) in [5.41, 5.74) is 9.01. The fraction of sp³-hybridized carbons (Fsp3) is 0.321.